The van der Waals surface area contributed by atoms with Gasteiger partial charge >= 0.3 is 5.69 Å². The van der Waals surface area contributed by atoms with Crippen molar-refractivity contribution in [2.24, 2.45) is 0 Å². The van der Waals surface area contributed by atoms with E-state index in [0.717, 1.165) is 12.8 Å². The van der Waals surface area contributed by atoms with E-state index in [9.17, 15) is 19.5 Å². The van der Waals surface area contributed by atoms with Crippen molar-refractivity contribution in [2.45, 2.75) is 59.5 Å². The number of benzene rings is 1. The largest absolute Gasteiger partial charge is 0.494 e. The Labute approximate surface area is 200 Å². The summed E-state index contributed by atoms with van der Waals surface area (Å²) in [4.78, 5) is 44.8. The van der Waals surface area contributed by atoms with Crippen LogP contribution in [-0.2, 0) is 13.1 Å². The molecule has 0 fully saturated rings. The van der Waals surface area contributed by atoms with Crippen molar-refractivity contribution in [3.8, 4) is 5.88 Å². The Morgan fingerprint density at radius 3 is 2.21 bits per heavy atom. The summed E-state index contributed by atoms with van der Waals surface area (Å²) in [6, 6.07) is 9.02. The SMILES string of the molecule is CCCCn1c(=O)c2c(nc3n(C(=S)c4ccccc4)c(O)c(C)c(=O)n23)n(CCCC)c1=O. The predicted molar refractivity (Wildman–Crippen MR) is 135 cm³/mol. The number of aromatic hydroxyl groups is 1. The number of unbranched alkanes of at least 4 members (excludes halogenated alkanes) is 2. The summed E-state index contributed by atoms with van der Waals surface area (Å²) in [5.74, 6) is -0.359. The molecule has 0 atom stereocenters. The number of thiocarbonyl (C=S) groups is 1. The van der Waals surface area contributed by atoms with Gasteiger partial charge in [0, 0.05) is 18.7 Å². The highest BCUT2D eigenvalue weighted by Crippen LogP contribution is 2.21. The molecule has 9 nitrogen and oxygen atoms in total. The maximum Gasteiger partial charge on any atom is 0.332 e. The number of rotatable bonds is 7. The third-order valence-corrected chi connectivity index (χ3v) is 6.39. The van der Waals surface area contributed by atoms with Gasteiger partial charge in [0.15, 0.2) is 11.2 Å². The zero-order valence-corrected chi connectivity index (χ0v) is 20.3. The first-order valence-electron chi connectivity index (χ1n) is 11.4. The van der Waals surface area contributed by atoms with E-state index in [2.05, 4.69) is 4.98 Å². The van der Waals surface area contributed by atoms with E-state index in [4.69, 9.17) is 12.2 Å². The summed E-state index contributed by atoms with van der Waals surface area (Å²) in [5.41, 5.74) is -0.824. The number of aryl methyl sites for hydroxylation is 1. The van der Waals surface area contributed by atoms with Gasteiger partial charge in [-0.2, -0.15) is 4.98 Å². The summed E-state index contributed by atoms with van der Waals surface area (Å²) in [5, 5.41) is 10.9. The van der Waals surface area contributed by atoms with Crippen LogP contribution in [0, 0.1) is 6.92 Å². The van der Waals surface area contributed by atoms with E-state index < -0.39 is 16.8 Å². The molecule has 4 rings (SSSR count). The average Bonchev–Trinajstić information content (AvgIpc) is 3.23. The van der Waals surface area contributed by atoms with E-state index in [1.807, 2.05) is 32.0 Å². The Bertz CT molecular complexity index is 1580. The third-order valence-electron chi connectivity index (χ3n) is 5.97. The van der Waals surface area contributed by atoms with Gasteiger partial charge in [-0.1, -0.05) is 69.2 Å². The van der Waals surface area contributed by atoms with E-state index in [1.54, 1.807) is 12.1 Å². The quantitative estimate of drug-likeness (QED) is 0.407. The second-order valence-electron chi connectivity index (χ2n) is 8.28. The highest BCUT2D eigenvalue weighted by Gasteiger charge is 2.25. The van der Waals surface area contributed by atoms with Crippen LogP contribution in [0.15, 0.2) is 44.7 Å². The number of hydrogen-bond donors (Lipinski definition) is 1. The van der Waals surface area contributed by atoms with E-state index in [1.165, 1.54) is 25.0 Å². The van der Waals surface area contributed by atoms with E-state index >= 15 is 0 Å². The number of aromatic nitrogens is 5. The summed E-state index contributed by atoms with van der Waals surface area (Å²) < 4.78 is 5.08. The van der Waals surface area contributed by atoms with Crippen molar-refractivity contribution in [1.82, 2.24) is 23.1 Å². The predicted octanol–water partition coefficient (Wildman–Crippen LogP) is 2.81. The second kappa shape index (κ2) is 9.38. The fraction of sp³-hybridized carbons (Fsp3) is 0.375. The molecule has 0 bridgehead atoms. The molecule has 0 radical (unpaired) electrons. The van der Waals surface area contributed by atoms with Gasteiger partial charge in [0.25, 0.3) is 11.1 Å². The van der Waals surface area contributed by atoms with Gasteiger partial charge in [-0.3, -0.25) is 18.7 Å². The molecule has 0 unspecified atom stereocenters. The number of nitrogens with zero attached hydrogens (tertiary/aromatic N) is 5. The van der Waals surface area contributed by atoms with Crippen LogP contribution in [0.4, 0.5) is 0 Å². The molecule has 0 amide bonds. The van der Waals surface area contributed by atoms with Crippen LogP contribution in [0.25, 0.3) is 16.9 Å². The minimum Gasteiger partial charge on any atom is -0.494 e. The Morgan fingerprint density at radius 1 is 0.971 bits per heavy atom. The van der Waals surface area contributed by atoms with Gasteiger partial charge in [0.1, 0.15) is 4.99 Å². The molecule has 0 saturated carbocycles. The molecule has 0 aliphatic rings. The molecule has 4 aromatic rings. The van der Waals surface area contributed by atoms with Crippen molar-refractivity contribution in [2.75, 3.05) is 0 Å². The lowest BCUT2D eigenvalue weighted by molar-refractivity contribution is 0.438. The smallest absolute Gasteiger partial charge is 0.332 e. The van der Waals surface area contributed by atoms with Gasteiger partial charge in [-0.15, -0.1) is 0 Å². The van der Waals surface area contributed by atoms with Gasteiger partial charge < -0.3 is 5.11 Å². The van der Waals surface area contributed by atoms with Crippen molar-refractivity contribution < 1.29 is 5.11 Å². The molecule has 1 aromatic carbocycles. The van der Waals surface area contributed by atoms with Crippen molar-refractivity contribution >= 4 is 34.1 Å². The molecule has 3 heterocycles. The highest BCUT2D eigenvalue weighted by molar-refractivity contribution is 7.80. The molecular formula is C24H27N5O4S. The van der Waals surface area contributed by atoms with E-state index in [-0.39, 0.29) is 39.9 Å². The van der Waals surface area contributed by atoms with Crippen LogP contribution in [0.3, 0.4) is 0 Å². The zero-order valence-electron chi connectivity index (χ0n) is 19.4. The lowest BCUT2D eigenvalue weighted by Gasteiger charge is -2.14. The second-order valence-corrected chi connectivity index (χ2v) is 8.66. The van der Waals surface area contributed by atoms with Gasteiger partial charge in [0.05, 0.1) is 5.56 Å². The van der Waals surface area contributed by atoms with Crippen LogP contribution in [-0.4, -0.2) is 33.2 Å². The fourth-order valence-electron chi connectivity index (χ4n) is 4.02. The lowest BCUT2D eigenvalue weighted by atomic mass is 10.2. The molecule has 34 heavy (non-hydrogen) atoms. The summed E-state index contributed by atoms with van der Waals surface area (Å²) in [7, 11) is 0. The zero-order chi connectivity index (χ0) is 24.6. The molecule has 1 N–H and O–H groups in total. The minimum atomic E-state index is -0.582. The van der Waals surface area contributed by atoms with Gasteiger partial charge in [-0.25, -0.2) is 13.8 Å². The van der Waals surface area contributed by atoms with Crippen LogP contribution in [0.5, 0.6) is 5.88 Å². The molecule has 0 aliphatic carbocycles. The molecule has 0 spiro atoms. The fourth-order valence-corrected chi connectivity index (χ4v) is 4.33. The summed E-state index contributed by atoms with van der Waals surface area (Å²) in [6.07, 6.45) is 2.98. The molecular weight excluding hydrogens is 454 g/mol. The van der Waals surface area contributed by atoms with Gasteiger partial charge in [-0.05, 0) is 19.8 Å². The number of fused-ring (bicyclic) bond motifs is 3. The Kier molecular flexibility index (Phi) is 6.52. The minimum absolute atomic E-state index is 0.00746. The molecule has 10 heteroatoms. The Hall–Kier alpha value is -3.53. The topological polar surface area (TPSA) is 104 Å². The standard InChI is InChI=1S/C24H27N5O4S/c1-4-6-13-26-18-17(21(32)27(24(26)33)14-7-5-2)28-19(30)15(3)20(31)29(23(28)25-18)22(34)16-11-9-8-10-12-16/h8-12,31H,4-7,13-14H2,1-3H3. The maximum atomic E-state index is 13.5. The molecule has 178 valence electrons. The Balaban J connectivity index is 2.19. The van der Waals surface area contributed by atoms with Crippen LogP contribution in [0.1, 0.15) is 50.7 Å². The maximum absolute atomic E-state index is 13.5. The summed E-state index contributed by atoms with van der Waals surface area (Å²) >= 11 is 5.65. The monoisotopic (exact) mass is 481 g/mol. The van der Waals surface area contributed by atoms with Crippen molar-refractivity contribution in [3.05, 3.63) is 72.7 Å². The lowest BCUT2D eigenvalue weighted by Crippen LogP contribution is -2.41. The third kappa shape index (κ3) is 3.67. The molecule has 0 saturated heterocycles. The highest BCUT2D eigenvalue weighted by atomic mass is 32.1. The van der Waals surface area contributed by atoms with E-state index in [0.29, 0.717) is 24.9 Å². The molecule has 3 aromatic heterocycles. The first-order valence-corrected chi connectivity index (χ1v) is 11.8. The van der Waals surface area contributed by atoms with Crippen LogP contribution in [0.2, 0.25) is 0 Å². The Morgan fingerprint density at radius 2 is 1.59 bits per heavy atom. The number of hydrogen-bond acceptors (Lipinski definition) is 6. The van der Waals surface area contributed by atoms with Gasteiger partial charge in [0.2, 0.25) is 11.7 Å². The normalized spacial score (nSPS) is 11.5. The van der Waals surface area contributed by atoms with Crippen LogP contribution < -0.4 is 16.8 Å². The van der Waals surface area contributed by atoms with Crippen LogP contribution >= 0.6 is 12.2 Å². The first kappa shape index (κ1) is 23.6. The average molecular weight is 482 g/mol. The molecule has 0 aliphatic heterocycles. The van der Waals surface area contributed by atoms with Crippen molar-refractivity contribution in [1.29, 1.82) is 0 Å². The summed E-state index contributed by atoms with van der Waals surface area (Å²) in [6.45, 7) is 6.04. The van der Waals surface area contributed by atoms with Crippen molar-refractivity contribution in [3.63, 3.8) is 0 Å². The first-order chi connectivity index (χ1) is 16.3. The number of imidazole rings is 1.